The van der Waals surface area contributed by atoms with Gasteiger partial charge in [-0.05, 0) is 41.3 Å². The minimum atomic E-state index is 0.0939. The molecule has 1 aliphatic heterocycles. The van der Waals surface area contributed by atoms with Gasteiger partial charge in [0.1, 0.15) is 0 Å². The van der Waals surface area contributed by atoms with Crippen LogP contribution in [0.15, 0.2) is 46.2 Å². The van der Waals surface area contributed by atoms with E-state index in [1.54, 1.807) is 11.8 Å². The minimum absolute atomic E-state index is 0.0939. The van der Waals surface area contributed by atoms with E-state index in [1.807, 2.05) is 6.07 Å². The van der Waals surface area contributed by atoms with Crippen molar-refractivity contribution in [3.63, 3.8) is 0 Å². The molecule has 0 atom stereocenters. The molecule has 0 bridgehead atoms. The van der Waals surface area contributed by atoms with Crippen LogP contribution < -0.4 is 4.90 Å². The quantitative estimate of drug-likeness (QED) is 0.876. The Balaban J connectivity index is 2.07. The Hall–Kier alpha value is -1.45. The summed E-state index contributed by atoms with van der Waals surface area (Å²) in [6.45, 7) is 4.54. The van der Waals surface area contributed by atoms with Crippen molar-refractivity contribution in [3.05, 3.63) is 47.5 Å². The number of benzene rings is 2. The summed E-state index contributed by atoms with van der Waals surface area (Å²) in [5.41, 5.74) is 4.81. The highest BCUT2D eigenvalue weighted by atomic mass is 32.2. The first kappa shape index (κ1) is 13.5. The first-order valence-corrected chi connectivity index (χ1v) is 7.71. The van der Waals surface area contributed by atoms with Crippen LogP contribution in [-0.4, -0.2) is 12.2 Å². The summed E-state index contributed by atoms with van der Waals surface area (Å²) in [6.07, 6.45) is 0. The topological polar surface area (TPSA) is 23.5 Å². The molecule has 0 fully saturated rings. The van der Waals surface area contributed by atoms with Crippen molar-refractivity contribution in [3.8, 4) is 0 Å². The van der Waals surface area contributed by atoms with Crippen LogP contribution in [0.5, 0.6) is 0 Å². The highest BCUT2D eigenvalue weighted by molar-refractivity contribution is 7.99. The van der Waals surface area contributed by atoms with Crippen molar-refractivity contribution >= 4 is 23.1 Å². The van der Waals surface area contributed by atoms with Crippen molar-refractivity contribution in [1.29, 1.82) is 0 Å². The second-order valence-corrected chi connectivity index (χ2v) is 6.59. The van der Waals surface area contributed by atoms with Crippen LogP contribution >= 0.6 is 11.8 Å². The fourth-order valence-electron chi connectivity index (χ4n) is 2.51. The molecule has 2 nitrogen and oxygen atoms in total. The molecule has 0 saturated carbocycles. The van der Waals surface area contributed by atoms with Gasteiger partial charge in [-0.1, -0.05) is 37.7 Å². The zero-order valence-electron chi connectivity index (χ0n) is 12.1. The molecule has 0 saturated heterocycles. The SMILES string of the molecule is CC(C)c1ccc2c(c1)N(C)c1ccc(CO)cc1S2. The highest BCUT2D eigenvalue weighted by Crippen LogP contribution is 2.48. The molecule has 3 heteroatoms. The van der Waals surface area contributed by atoms with E-state index in [-0.39, 0.29) is 6.61 Å². The van der Waals surface area contributed by atoms with Gasteiger partial charge in [-0.3, -0.25) is 0 Å². The predicted octanol–water partition coefficient (Wildman–Crippen LogP) is 4.53. The van der Waals surface area contributed by atoms with Gasteiger partial charge in [0, 0.05) is 16.8 Å². The van der Waals surface area contributed by atoms with Gasteiger partial charge >= 0.3 is 0 Å². The van der Waals surface area contributed by atoms with E-state index in [4.69, 9.17) is 0 Å². The highest BCUT2D eigenvalue weighted by Gasteiger charge is 2.21. The summed E-state index contributed by atoms with van der Waals surface area (Å²) in [4.78, 5) is 4.73. The van der Waals surface area contributed by atoms with Crippen LogP contribution in [0.1, 0.15) is 30.9 Å². The normalized spacial score (nSPS) is 13.3. The summed E-state index contributed by atoms with van der Waals surface area (Å²) >= 11 is 1.78. The van der Waals surface area contributed by atoms with Gasteiger partial charge in [-0.2, -0.15) is 0 Å². The van der Waals surface area contributed by atoms with E-state index in [9.17, 15) is 5.11 Å². The molecular formula is C17H19NOS. The number of aliphatic hydroxyl groups excluding tert-OH is 1. The van der Waals surface area contributed by atoms with E-state index >= 15 is 0 Å². The van der Waals surface area contributed by atoms with Crippen LogP contribution in [0.25, 0.3) is 0 Å². The van der Waals surface area contributed by atoms with E-state index in [0.717, 1.165) is 5.56 Å². The molecule has 0 amide bonds. The lowest BCUT2D eigenvalue weighted by Gasteiger charge is -2.30. The van der Waals surface area contributed by atoms with Crippen molar-refractivity contribution < 1.29 is 5.11 Å². The zero-order valence-corrected chi connectivity index (χ0v) is 12.9. The lowest BCUT2D eigenvalue weighted by Crippen LogP contribution is -2.15. The molecule has 20 heavy (non-hydrogen) atoms. The van der Waals surface area contributed by atoms with Gasteiger partial charge < -0.3 is 10.0 Å². The lowest BCUT2D eigenvalue weighted by atomic mass is 10.0. The Morgan fingerprint density at radius 3 is 2.55 bits per heavy atom. The van der Waals surface area contributed by atoms with E-state index in [1.165, 1.54) is 26.7 Å². The zero-order chi connectivity index (χ0) is 14.3. The predicted molar refractivity (Wildman–Crippen MR) is 85.1 cm³/mol. The molecule has 0 radical (unpaired) electrons. The Kier molecular flexibility index (Phi) is 3.48. The van der Waals surface area contributed by atoms with Crippen molar-refractivity contribution in [2.45, 2.75) is 36.2 Å². The molecule has 1 N–H and O–H groups in total. The minimum Gasteiger partial charge on any atom is -0.392 e. The van der Waals surface area contributed by atoms with Gasteiger partial charge in [-0.15, -0.1) is 0 Å². The first-order valence-electron chi connectivity index (χ1n) is 6.89. The third kappa shape index (κ3) is 2.21. The molecule has 1 aliphatic rings. The molecule has 2 aromatic carbocycles. The lowest BCUT2D eigenvalue weighted by molar-refractivity contribution is 0.281. The third-order valence-corrected chi connectivity index (χ3v) is 4.91. The molecule has 2 aromatic rings. The van der Waals surface area contributed by atoms with E-state index < -0.39 is 0 Å². The average Bonchev–Trinajstić information content (AvgIpc) is 2.46. The molecular weight excluding hydrogens is 266 g/mol. The van der Waals surface area contributed by atoms with Crippen LogP contribution in [0.3, 0.4) is 0 Å². The van der Waals surface area contributed by atoms with E-state index in [2.05, 4.69) is 56.1 Å². The number of aliphatic hydroxyl groups is 1. The molecule has 1 heterocycles. The maximum Gasteiger partial charge on any atom is 0.0682 e. The van der Waals surface area contributed by atoms with Gasteiger partial charge in [0.2, 0.25) is 0 Å². The van der Waals surface area contributed by atoms with Gasteiger partial charge in [0.15, 0.2) is 0 Å². The molecule has 104 valence electrons. The molecule has 3 rings (SSSR count). The van der Waals surface area contributed by atoms with Crippen LogP contribution in [-0.2, 0) is 6.61 Å². The number of nitrogens with zero attached hydrogens (tertiary/aromatic N) is 1. The van der Waals surface area contributed by atoms with Crippen LogP contribution in [0.2, 0.25) is 0 Å². The first-order chi connectivity index (χ1) is 9.60. The van der Waals surface area contributed by atoms with Gasteiger partial charge in [-0.25, -0.2) is 0 Å². The summed E-state index contributed by atoms with van der Waals surface area (Å²) in [5.74, 6) is 0.539. The Morgan fingerprint density at radius 1 is 1.05 bits per heavy atom. The van der Waals surface area contributed by atoms with Crippen LogP contribution in [0.4, 0.5) is 11.4 Å². The smallest absolute Gasteiger partial charge is 0.0682 e. The number of anilines is 2. The molecule has 0 spiro atoms. The van der Waals surface area contributed by atoms with Crippen molar-refractivity contribution in [2.24, 2.45) is 0 Å². The number of hydrogen-bond acceptors (Lipinski definition) is 3. The van der Waals surface area contributed by atoms with Crippen molar-refractivity contribution in [2.75, 3.05) is 11.9 Å². The second kappa shape index (κ2) is 5.15. The Labute approximate surface area is 124 Å². The fourth-order valence-corrected chi connectivity index (χ4v) is 3.70. The summed E-state index contributed by atoms with van der Waals surface area (Å²) in [5, 5.41) is 9.27. The monoisotopic (exact) mass is 285 g/mol. The summed E-state index contributed by atoms with van der Waals surface area (Å²) in [6, 6.07) is 12.9. The second-order valence-electron chi connectivity index (χ2n) is 5.50. The number of fused-ring (bicyclic) bond motifs is 2. The van der Waals surface area contributed by atoms with Crippen LogP contribution in [0, 0.1) is 0 Å². The van der Waals surface area contributed by atoms with Crippen molar-refractivity contribution in [1.82, 2.24) is 0 Å². The third-order valence-electron chi connectivity index (χ3n) is 3.80. The molecule has 0 aromatic heterocycles. The maximum absolute atomic E-state index is 9.27. The maximum atomic E-state index is 9.27. The molecule has 0 aliphatic carbocycles. The largest absolute Gasteiger partial charge is 0.392 e. The number of rotatable bonds is 2. The van der Waals surface area contributed by atoms with E-state index in [0.29, 0.717) is 5.92 Å². The summed E-state index contributed by atoms with van der Waals surface area (Å²) in [7, 11) is 2.11. The fraction of sp³-hybridized carbons (Fsp3) is 0.294. The summed E-state index contributed by atoms with van der Waals surface area (Å²) < 4.78 is 0. The standard InChI is InChI=1S/C17H19NOS/c1-11(2)13-5-7-16-15(9-13)18(3)14-6-4-12(10-19)8-17(14)20-16/h4-9,11,19H,10H2,1-3H3. The Bertz CT molecular complexity index is 651. The van der Waals surface area contributed by atoms with Gasteiger partial charge in [0.05, 0.1) is 18.0 Å². The average molecular weight is 285 g/mol. The molecule has 0 unspecified atom stereocenters. The number of hydrogen-bond donors (Lipinski definition) is 1. The Morgan fingerprint density at radius 2 is 1.85 bits per heavy atom. The van der Waals surface area contributed by atoms with Gasteiger partial charge in [0.25, 0.3) is 0 Å².